The molecule has 0 amide bonds. The molecule has 0 saturated carbocycles. The fraction of sp³-hybridized carbons (Fsp3) is 0.267. The molecule has 0 fully saturated rings. The van der Waals surface area contributed by atoms with Crippen LogP contribution in [-0.2, 0) is 29.8 Å². The van der Waals surface area contributed by atoms with Gasteiger partial charge in [0.1, 0.15) is 18.0 Å². The molecule has 0 atom stereocenters. The molecule has 0 aliphatic carbocycles. The maximum Gasteiger partial charge on any atom is 0.323 e. The van der Waals surface area contributed by atoms with Gasteiger partial charge in [0, 0.05) is 6.54 Å². The minimum atomic E-state index is -4.89. The number of rotatable bonds is 11. The second kappa shape index (κ2) is 9.90. The third-order valence-electron chi connectivity index (χ3n) is 3.67. The van der Waals surface area contributed by atoms with Crippen LogP contribution in [0.25, 0.3) is 0 Å². The van der Waals surface area contributed by atoms with Crippen molar-refractivity contribution >= 4 is 55.7 Å². The molecule has 0 radical (unpaired) electrons. The van der Waals surface area contributed by atoms with Crippen LogP contribution < -0.4 is 15.5 Å². The average molecular weight is 506 g/mol. The van der Waals surface area contributed by atoms with Crippen molar-refractivity contribution in [2.24, 2.45) is 0 Å². The summed E-state index contributed by atoms with van der Waals surface area (Å²) in [5.74, 6) is -3.84. The van der Waals surface area contributed by atoms with Crippen molar-refractivity contribution < 1.29 is 45.7 Å². The van der Waals surface area contributed by atoms with E-state index in [4.69, 9.17) is 10.2 Å². The van der Waals surface area contributed by atoms with Crippen LogP contribution in [0.1, 0.15) is 6.92 Å². The van der Waals surface area contributed by atoms with Crippen LogP contribution in [0.5, 0.6) is 0 Å². The number of carboxylic acid groups (broad SMARTS) is 2. The topological polar surface area (TPSA) is 249 Å². The van der Waals surface area contributed by atoms with Gasteiger partial charge < -0.3 is 25.7 Å². The Morgan fingerprint density at radius 2 is 1.52 bits per heavy atom. The zero-order valence-corrected chi connectivity index (χ0v) is 18.3. The predicted octanol–water partition coefficient (Wildman–Crippen LogP) is -0.484. The summed E-state index contributed by atoms with van der Waals surface area (Å²) in [5, 5.41) is 23.2. The summed E-state index contributed by atoms with van der Waals surface area (Å²) in [7, 11) is -9.65. The number of anilines is 4. The van der Waals surface area contributed by atoms with Crippen LogP contribution in [0.4, 0.5) is 23.5 Å². The molecule has 18 heteroatoms. The van der Waals surface area contributed by atoms with E-state index < -0.39 is 72.6 Å². The Labute approximate surface area is 186 Å². The lowest BCUT2D eigenvalue weighted by atomic mass is 10.3. The molecule has 1 aromatic heterocycles. The number of nitrogens with zero attached hydrogens (tertiary/aromatic N) is 4. The van der Waals surface area contributed by atoms with Gasteiger partial charge in [-0.2, -0.15) is 31.8 Å². The minimum Gasteiger partial charge on any atom is -0.480 e. The number of carboxylic acids is 2. The second-order valence-corrected chi connectivity index (χ2v) is 9.00. The number of aliphatic carboxylic acids is 2. The summed E-state index contributed by atoms with van der Waals surface area (Å²) in [6, 6.07) is 2.12. The first-order valence-corrected chi connectivity index (χ1v) is 11.6. The first-order valence-electron chi connectivity index (χ1n) is 8.75. The van der Waals surface area contributed by atoms with Gasteiger partial charge >= 0.3 is 11.9 Å². The van der Waals surface area contributed by atoms with Crippen molar-refractivity contribution in [1.29, 1.82) is 0 Å². The smallest absolute Gasteiger partial charge is 0.323 e. The van der Waals surface area contributed by atoms with Gasteiger partial charge in [-0.1, -0.05) is 0 Å². The van der Waals surface area contributed by atoms with Gasteiger partial charge in [0.15, 0.2) is 0 Å². The lowest BCUT2D eigenvalue weighted by Crippen LogP contribution is -2.36. The number of benzene rings is 1. The number of hydrogen-bond donors (Lipinski definition) is 6. The monoisotopic (exact) mass is 506 g/mol. The Morgan fingerprint density at radius 1 is 0.939 bits per heavy atom. The third kappa shape index (κ3) is 7.20. The van der Waals surface area contributed by atoms with Crippen LogP contribution in [-0.4, -0.2) is 82.7 Å². The van der Waals surface area contributed by atoms with Crippen LogP contribution in [0.2, 0.25) is 0 Å². The zero-order chi connectivity index (χ0) is 25.0. The molecule has 33 heavy (non-hydrogen) atoms. The first-order chi connectivity index (χ1) is 15.2. The van der Waals surface area contributed by atoms with Gasteiger partial charge in [0.05, 0.1) is 10.6 Å². The molecule has 2 rings (SSSR count). The SMILES string of the molecule is CCNc1nc(Nc2cc(S(=O)(=O)O)ccc2S(=O)(=O)O)nc(N(CC(=O)O)CC(=O)O)n1. The predicted molar refractivity (Wildman–Crippen MR) is 111 cm³/mol. The second-order valence-electron chi connectivity index (χ2n) is 6.19. The highest BCUT2D eigenvalue weighted by molar-refractivity contribution is 7.86. The van der Waals surface area contributed by atoms with E-state index in [-0.39, 0.29) is 12.5 Å². The molecule has 0 bridgehead atoms. The van der Waals surface area contributed by atoms with Gasteiger partial charge in [-0.05, 0) is 25.1 Å². The van der Waals surface area contributed by atoms with E-state index >= 15 is 0 Å². The van der Waals surface area contributed by atoms with Gasteiger partial charge in [-0.25, -0.2) is 0 Å². The molecule has 0 saturated heterocycles. The van der Waals surface area contributed by atoms with Crippen molar-refractivity contribution in [1.82, 2.24) is 15.0 Å². The van der Waals surface area contributed by atoms with Gasteiger partial charge in [-0.3, -0.25) is 18.7 Å². The van der Waals surface area contributed by atoms with Gasteiger partial charge in [-0.15, -0.1) is 0 Å². The molecule has 2 aromatic rings. The van der Waals surface area contributed by atoms with Crippen molar-refractivity contribution in [2.75, 3.05) is 35.2 Å². The Hall–Kier alpha value is -3.61. The Bertz CT molecular complexity index is 1270. The molecule has 0 spiro atoms. The minimum absolute atomic E-state index is 0.162. The van der Waals surface area contributed by atoms with E-state index in [0.717, 1.165) is 11.0 Å². The number of nitrogens with one attached hydrogen (secondary N) is 2. The number of hydrogen-bond acceptors (Lipinski definition) is 12. The van der Waals surface area contributed by atoms with Crippen molar-refractivity contribution in [2.45, 2.75) is 16.7 Å². The highest BCUT2D eigenvalue weighted by Crippen LogP contribution is 2.28. The lowest BCUT2D eigenvalue weighted by Gasteiger charge is -2.20. The van der Waals surface area contributed by atoms with E-state index in [9.17, 15) is 35.5 Å². The largest absolute Gasteiger partial charge is 0.480 e. The standard InChI is InChI=1S/C15H18N6O10S2/c1-2-16-13-18-14(20-15(19-13)21(6-11(22)23)7-12(24)25)17-9-5-8(32(26,27)28)3-4-10(9)33(29,30)31/h3-5H,2,6-7H2,1H3,(H,22,23)(H,24,25)(H,26,27,28)(H,29,30,31)(H2,16,17,18,19,20). The van der Waals surface area contributed by atoms with Crippen LogP contribution in [0.15, 0.2) is 28.0 Å². The Balaban J connectivity index is 2.65. The maximum absolute atomic E-state index is 11.7. The third-order valence-corrected chi connectivity index (χ3v) is 5.43. The van der Waals surface area contributed by atoms with Gasteiger partial charge in [0.2, 0.25) is 17.8 Å². The van der Waals surface area contributed by atoms with Crippen molar-refractivity contribution in [3.05, 3.63) is 18.2 Å². The molecule has 6 N–H and O–H groups in total. The molecule has 1 heterocycles. The van der Waals surface area contributed by atoms with Crippen molar-refractivity contribution in [3.8, 4) is 0 Å². The first kappa shape index (κ1) is 25.6. The molecule has 0 unspecified atom stereocenters. The Kier molecular flexibility index (Phi) is 7.69. The van der Waals surface area contributed by atoms with Crippen LogP contribution in [0.3, 0.4) is 0 Å². The summed E-state index contributed by atoms with van der Waals surface area (Å²) in [6.45, 7) is 0.315. The molecular formula is C15H18N6O10S2. The fourth-order valence-corrected chi connectivity index (χ4v) is 3.57. The van der Waals surface area contributed by atoms with Crippen molar-refractivity contribution in [3.63, 3.8) is 0 Å². The molecule has 180 valence electrons. The van der Waals surface area contributed by atoms with E-state index in [0.29, 0.717) is 12.1 Å². The van der Waals surface area contributed by atoms with Crippen LogP contribution in [0, 0.1) is 0 Å². The summed E-state index contributed by atoms with van der Waals surface area (Å²) >= 11 is 0. The van der Waals surface area contributed by atoms with E-state index in [2.05, 4.69) is 25.6 Å². The zero-order valence-electron chi connectivity index (χ0n) is 16.7. The maximum atomic E-state index is 11.7. The van der Waals surface area contributed by atoms with Gasteiger partial charge in [0.25, 0.3) is 20.2 Å². The van der Waals surface area contributed by atoms with Crippen LogP contribution >= 0.6 is 0 Å². The average Bonchev–Trinajstić information content (AvgIpc) is 2.65. The number of aromatic nitrogens is 3. The number of carbonyl (C=O) groups is 2. The summed E-state index contributed by atoms with van der Waals surface area (Å²) in [6.07, 6.45) is 0. The van der Waals surface area contributed by atoms with E-state index in [1.807, 2.05) is 0 Å². The molecule has 16 nitrogen and oxygen atoms in total. The Morgan fingerprint density at radius 3 is 2.00 bits per heavy atom. The molecule has 1 aromatic carbocycles. The summed E-state index contributed by atoms with van der Waals surface area (Å²) in [5.41, 5.74) is -0.560. The van der Waals surface area contributed by atoms with E-state index in [1.165, 1.54) is 0 Å². The van der Waals surface area contributed by atoms with E-state index in [1.54, 1.807) is 6.92 Å². The molecule has 0 aliphatic heterocycles. The normalized spacial score (nSPS) is 11.6. The summed E-state index contributed by atoms with van der Waals surface area (Å²) < 4.78 is 64.9. The quantitative estimate of drug-likeness (QED) is 0.210. The fourth-order valence-electron chi connectivity index (χ4n) is 2.44. The highest BCUT2D eigenvalue weighted by atomic mass is 32.2. The lowest BCUT2D eigenvalue weighted by molar-refractivity contribution is -0.136. The summed E-state index contributed by atoms with van der Waals surface area (Å²) in [4.78, 5) is 33.2. The molecule has 0 aliphatic rings. The molecular weight excluding hydrogens is 488 g/mol. The highest BCUT2D eigenvalue weighted by Gasteiger charge is 2.23.